The van der Waals surface area contributed by atoms with Crippen molar-refractivity contribution in [2.45, 2.75) is 33.3 Å². The highest BCUT2D eigenvalue weighted by Crippen LogP contribution is 2.19. The van der Waals surface area contributed by atoms with Crippen molar-refractivity contribution in [3.8, 4) is 17.6 Å². The van der Waals surface area contributed by atoms with Gasteiger partial charge in [0.05, 0.1) is 25.8 Å². The number of nitrogens with two attached hydrogens (primary N) is 1. The van der Waals surface area contributed by atoms with Gasteiger partial charge in [0.15, 0.2) is 0 Å². The Bertz CT molecular complexity index is 460. The third-order valence-electron chi connectivity index (χ3n) is 3.04. The Balaban J connectivity index is 2.62. The van der Waals surface area contributed by atoms with E-state index in [1.165, 1.54) is 12.8 Å². The van der Waals surface area contributed by atoms with Crippen molar-refractivity contribution in [3.63, 3.8) is 0 Å². The summed E-state index contributed by atoms with van der Waals surface area (Å²) in [6.45, 7) is 6.16. The van der Waals surface area contributed by atoms with Gasteiger partial charge < -0.3 is 15.2 Å². The Kier molecular flexibility index (Phi) is 7.79. The van der Waals surface area contributed by atoms with Gasteiger partial charge in [0.2, 0.25) is 0 Å². The van der Waals surface area contributed by atoms with Crippen molar-refractivity contribution in [2.75, 3.05) is 20.3 Å². The summed E-state index contributed by atoms with van der Waals surface area (Å²) in [4.78, 5) is 0. The van der Waals surface area contributed by atoms with Gasteiger partial charge in [-0.15, -0.1) is 0 Å². The first kappa shape index (κ1) is 16.6. The molecule has 3 heteroatoms. The maximum absolute atomic E-state index is 5.75. The predicted molar refractivity (Wildman–Crippen MR) is 82.7 cm³/mol. The molecule has 110 valence electrons. The molecule has 1 rings (SSSR count). The first-order chi connectivity index (χ1) is 9.71. The van der Waals surface area contributed by atoms with E-state index in [0.717, 1.165) is 23.5 Å². The summed E-state index contributed by atoms with van der Waals surface area (Å²) in [5.41, 5.74) is 7.38. The minimum absolute atomic E-state index is 0.346. The van der Waals surface area contributed by atoms with Crippen LogP contribution < -0.4 is 10.5 Å². The molecular weight excluding hydrogens is 250 g/mol. The number of rotatable bonds is 7. The zero-order valence-electron chi connectivity index (χ0n) is 12.7. The van der Waals surface area contributed by atoms with Crippen molar-refractivity contribution in [3.05, 3.63) is 29.3 Å². The Morgan fingerprint density at radius 2 is 2.15 bits per heavy atom. The smallest absolute Gasteiger partial charge is 0.134 e. The lowest BCUT2D eigenvalue weighted by Gasteiger charge is -2.11. The largest absolute Gasteiger partial charge is 0.495 e. The van der Waals surface area contributed by atoms with E-state index >= 15 is 0 Å². The summed E-state index contributed by atoms with van der Waals surface area (Å²) < 4.78 is 11.0. The number of methoxy groups -OCH3 is 1. The minimum Gasteiger partial charge on any atom is -0.495 e. The van der Waals surface area contributed by atoms with Gasteiger partial charge in [0.1, 0.15) is 5.75 Å². The molecule has 0 aliphatic heterocycles. The molecule has 0 radical (unpaired) electrons. The van der Waals surface area contributed by atoms with Crippen LogP contribution in [0.3, 0.4) is 0 Å². The van der Waals surface area contributed by atoms with E-state index in [0.29, 0.717) is 19.1 Å². The van der Waals surface area contributed by atoms with Crippen LogP contribution in [0.4, 0.5) is 0 Å². The van der Waals surface area contributed by atoms with Gasteiger partial charge in [-0.2, -0.15) is 0 Å². The molecule has 0 amide bonds. The Morgan fingerprint density at radius 1 is 1.35 bits per heavy atom. The fourth-order valence-electron chi connectivity index (χ4n) is 2.04. The first-order valence-corrected chi connectivity index (χ1v) is 7.14. The van der Waals surface area contributed by atoms with Crippen molar-refractivity contribution in [1.29, 1.82) is 0 Å². The molecule has 0 heterocycles. The molecule has 0 aliphatic rings. The molecule has 0 aliphatic carbocycles. The van der Waals surface area contributed by atoms with Gasteiger partial charge in [-0.05, 0) is 30.0 Å². The van der Waals surface area contributed by atoms with E-state index < -0.39 is 0 Å². The van der Waals surface area contributed by atoms with E-state index in [1.54, 1.807) is 7.11 Å². The van der Waals surface area contributed by atoms with Crippen LogP contribution in [0.1, 0.15) is 37.8 Å². The Morgan fingerprint density at radius 3 is 2.80 bits per heavy atom. The summed E-state index contributed by atoms with van der Waals surface area (Å²) in [6.07, 6.45) is 2.40. The van der Waals surface area contributed by atoms with E-state index in [4.69, 9.17) is 15.2 Å². The molecule has 0 saturated carbocycles. The van der Waals surface area contributed by atoms with Crippen molar-refractivity contribution >= 4 is 0 Å². The molecule has 1 atom stereocenters. The van der Waals surface area contributed by atoms with Crippen LogP contribution in [0.15, 0.2) is 18.2 Å². The molecule has 3 nitrogen and oxygen atoms in total. The minimum atomic E-state index is 0.346. The van der Waals surface area contributed by atoms with E-state index in [1.807, 2.05) is 18.2 Å². The molecule has 0 aromatic heterocycles. The van der Waals surface area contributed by atoms with Gasteiger partial charge in [-0.1, -0.05) is 38.2 Å². The molecule has 1 aromatic rings. The summed E-state index contributed by atoms with van der Waals surface area (Å²) >= 11 is 0. The highest BCUT2D eigenvalue weighted by atomic mass is 16.5. The molecule has 2 N–H and O–H groups in total. The SMILES string of the molecule is CCCC(C)COCc1ccc(OC)c(C#CCN)c1. The van der Waals surface area contributed by atoms with E-state index in [-0.39, 0.29) is 0 Å². The van der Waals surface area contributed by atoms with Gasteiger partial charge >= 0.3 is 0 Å². The van der Waals surface area contributed by atoms with Gasteiger partial charge in [-0.25, -0.2) is 0 Å². The second kappa shape index (κ2) is 9.41. The van der Waals surface area contributed by atoms with Crippen LogP contribution in [0.5, 0.6) is 5.75 Å². The van der Waals surface area contributed by atoms with E-state index in [9.17, 15) is 0 Å². The van der Waals surface area contributed by atoms with Crippen molar-refractivity contribution in [1.82, 2.24) is 0 Å². The van der Waals surface area contributed by atoms with Gasteiger partial charge in [0.25, 0.3) is 0 Å². The lowest BCUT2D eigenvalue weighted by atomic mass is 10.1. The highest BCUT2D eigenvalue weighted by Gasteiger charge is 2.04. The molecule has 1 aromatic carbocycles. The molecule has 0 bridgehead atoms. The molecule has 0 fully saturated rings. The number of hydrogen-bond donors (Lipinski definition) is 1. The summed E-state index contributed by atoms with van der Waals surface area (Å²) in [6, 6.07) is 5.94. The quantitative estimate of drug-likeness (QED) is 0.778. The number of hydrogen-bond acceptors (Lipinski definition) is 3. The van der Waals surface area contributed by atoms with Crippen LogP contribution in [-0.4, -0.2) is 20.3 Å². The average molecular weight is 275 g/mol. The maximum Gasteiger partial charge on any atom is 0.134 e. The zero-order chi connectivity index (χ0) is 14.8. The fourth-order valence-corrected chi connectivity index (χ4v) is 2.04. The third-order valence-corrected chi connectivity index (χ3v) is 3.04. The van der Waals surface area contributed by atoms with Crippen LogP contribution in [0, 0.1) is 17.8 Å². The van der Waals surface area contributed by atoms with Gasteiger partial charge in [-0.3, -0.25) is 0 Å². The molecule has 1 unspecified atom stereocenters. The molecule has 20 heavy (non-hydrogen) atoms. The number of benzene rings is 1. The normalized spacial score (nSPS) is 11.6. The second-order valence-electron chi connectivity index (χ2n) is 4.95. The highest BCUT2D eigenvalue weighted by molar-refractivity contribution is 5.48. The lowest BCUT2D eigenvalue weighted by Crippen LogP contribution is -2.05. The van der Waals surface area contributed by atoms with Crippen molar-refractivity contribution < 1.29 is 9.47 Å². The van der Waals surface area contributed by atoms with Crippen LogP contribution in [0.2, 0.25) is 0 Å². The standard InChI is InChI=1S/C17H25NO2/c1-4-6-14(2)12-20-13-15-8-9-17(19-3)16(11-15)7-5-10-18/h8-9,11,14H,4,6,10,12-13,18H2,1-3H3. The lowest BCUT2D eigenvalue weighted by molar-refractivity contribution is 0.0893. The number of ether oxygens (including phenoxy) is 2. The fraction of sp³-hybridized carbons (Fsp3) is 0.529. The van der Waals surface area contributed by atoms with E-state index in [2.05, 4.69) is 25.7 Å². The van der Waals surface area contributed by atoms with Gasteiger partial charge in [0, 0.05) is 6.61 Å². The predicted octanol–water partition coefficient (Wildman–Crippen LogP) is 2.96. The molecular formula is C17H25NO2. The zero-order valence-corrected chi connectivity index (χ0v) is 12.7. The van der Waals surface area contributed by atoms with Crippen LogP contribution in [-0.2, 0) is 11.3 Å². The Labute approximate surface area is 122 Å². The van der Waals surface area contributed by atoms with Crippen LogP contribution >= 0.6 is 0 Å². The van der Waals surface area contributed by atoms with Crippen molar-refractivity contribution in [2.24, 2.45) is 11.7 Å². The van der Waals surface area contributed by atoms with Crippen LogP contribution in [0.25, 0.3) is 0 Å². The average Bonchev–Trinajstić information content (AvgIpc) is 2.45. The Hall–Kier alpha value is -1.50. The summed E-state index contributed by atoms with van der Waals surface area (Å²) in [5, 5.41) is 0. The summed E-state index contributed by atoms with van der Waals surface area (Å²) in [5.74, 6) is 7.26. The third kappa shape index (κ3) is 5.64. The molecule has 0 saturated heterocycles. The topological polar surface area (TPSA) is 44.5 Å². The molecule has 0 spiro atoms. The second-order valence-corrected chi connectivity index (χ2v) is 4.95. The monoisotopic (exact) mass is 275 g/mol. The maximum atomic E-state index is 5.75. The first-order valence-electron chi connectivity index (χ1n) is 7.14. The summed E-state index contributed by atoms with van der Waals surface area (Å²) in [7, 11) is 1.64.